The van der Waals surface area contributed by atoms with E-state index in [2.05, 4.69) is 15.9 Å². The maximum Gasteiger partial charge on any atom is 0.379 e. The summed E-state index contributed by atoms with van der Waals surface area (Å²) < 4.78 is 17.5. The van der Waals surface area contributed by atoms with Gasteiger partial charge in [0, 0.05) is 26.0 Å². The van der Waals surface area contributed by atoms with Crippen molar-refractivity contribution in [1.29, 1.82) is 0 Å². The average molecular weight is 530 g/mol. The Hall–Kier alpha value is -3.06. The monoisotopic (exact) mass is 528 g/mol. The van der Waals surface area contributed by atoms with E-state index in [0.29, 0.717) is 26.8 Å². The van der Waals surface area contributed by atoms with E-state index in [1.807, 2.05) is 12.1 Å². The van der Waals surface area contributed by atoms with Gasteiger partial charge < -0.3 is 13.9 Å². The SMILES string of the molecule is O=C(Oc1ccc2c(c1)O/C(=C\c1ccc(Cl)cc1Cl)C2=O)c1cc2cc(Br)ccc2o1. The molecule has 0 bridgehead atoms. The molecule has 3 aromatic carbocycles. The lowest BCUT2D eigenvalue weighted by Gasteiger charge is -2.04. The first kappa shape index (κ1) is 20.8. The van der Waals surface area contributed by atoms with Crippen LogP contribution in [0.5, 0.6) is 11.5 Å². The highest BCUT2D eigenvalue weighted by atomic mass is 79.9. The Bertz CT molecular complexity index is 1450. The molecule has 0 atom stereocenters. The van der Waals surface area contributed by atoms with Gasteiger partial charge in [-0.15, -0.1) is 0 Å². The first-order chi connectivity index (χ1) is 15.4. The number of Topliss-reactive ketones (excluding diaryl/α,β-unsaturated/α-hetero) is 1. The van der Waals surface area contributed by atoms with Crippen LogP contribution in [0, 0.1) is 0 Å². The van der Waals surface area contributed by atoms with Crippen LogP contribution in [0.2, 0.25) is 10.0 Å². The smallest absolute Gasteiger partial charge is 0.379 e. The predicted octanol–water partition coefficient (Wildman–Crippen LogP) is 7.34. The van der Waals surface area contributed by atoms with Crippen molar-refractivity contribution in [2.24, 2.45) is 0 Å². The topological polar surface area (TPSA) is 65.7 Å². The number of allylic oxidation sites excluding steroid dienone is 1. The van der Waals surface area contributed by atoms with Gasteiger partial charge in [-0.05, 0) is 60.2 Å². The third-order valence-electron chi connectivity index (χ3n) is 4.78. The molecule has 5 nitrogen and oxygen atoms in total. The van der Waals surface area contributed by atoms with E-state index in [4.69, 9.17) is 37.1 Å². The van der Waals surface area contributed by atoms with Crippen LogP contribution >= 0.6 is 39.1 Å². The van der Waals surface area contributed by atoms with Crippen molar-refractivity contribution < 1.29 is 23.5 Å². The molecule has 1 aliphatic heterocycles. The number of fused-ring (bicyclic) bond motifs is 2. The van der Waals surface area contributed by atoms with Gasteiger partial charge >= 0.3 is 5.97 Å². The van der Waals surface area contributed by atoms with Gasteiger partial charge in [-0.1, -0.05) is 45.2 Å². The lowest BCUT2D eigenvalue weighted by Crippen LogP contribution is -2.07. The number of carbonyl (C=O) groups is 2. The second-order valence-corrected chi connectivity index (χ2v) is 8.71. The van der Waals surface area contributed by atoms with Crippen molar-refractivity contribution in [1.82, 2.24) is 0 Å². The van der Waals surface area contributed by atoms with Crippen molar-refractivity contribution in [3.63, 3.8) is 0 Å². The van der Waals surface area contributed by atoms with Gasteiger partial charge in [0.2, 0.25) is 11.5 Å². The maximum absolute atomic E-state index is 12.7. The van der Waals surface area contributed by atoms with Crippen molar-refractivity contribution in [3.8, 4) is 11.5 Å². The van der Waals surface area contributed by atoms with Crippen molar-refractivity contribution >= 4 is 67.9 Å². The number of halogens is 3. The lowest BCUT2D eigenvalue weighted by molar-refractivity contribution is 0.0703. The highest BCUT2D eigenvalue weighted by Crippen LogP contribution is 2.36. The minimum Gasteiger partial charge on any atom is -0.452 e. The van der Waals surface area contributed by atoms with Crippen molar-refractivity contribution in [2.75, 3.05) is 0 Å². The van der Waals surface area contributed by atoms with Crippen LogP contribution in [0.1, 0.15) is 26.5 Å². The molecule has 8 heteroatoms. The molecule has 4 aromatic rings. The molecule has 0 saturated heterocycles. The molecule has 0 saturated carbocycles. The summed E-state index contributed by atoms with van der Waals surface area (Å²) in [5.74, 6) is -0.291. The fourth-order valence-corrected chi connectivity index (χ4v) is 4.10. The Morgan fingerprint density at radius 1 is 1.00 bits per heavy atom. The maximum atomic E-state index is 12.7. The molecular weight excluding hydrogens is 519 g/mol. The van der Waals surface area contributed by atoms with Gasteiger partial charge in [0.25, 0.3) is 0 Å². The number of esters is 1. The Morgan fingerprint density at radius 3 is 2.66 bits per heavy atom. The van der Waals surface area contributed by atoms with Gasteiger partial charge in [0.1, 0.15) is 17.1 Å². The summed E-state index contributed by atoms with van der Waals surface area (Å²) >= 11 is 15.5. The molecule has 2 heterocycles. The second kappa shape index (κ2) is 8.13. The average Bonchev–Trinajstić information content (AvgIpc) is 3.31. The van der Waals surface area contributed by atoms with Crippen LogP contribution in [-0.4, -0.2) is 11.8 Å². The van der Waals surface area contributed by atoms with Crippen LogP contribution in [-0.2, 0) is 0 Å². The number of benzene rings is 3. The van der Waals surface area contributed by atoms with E-state index in [-0.39, 0.29) is 28.8 Å². The van der Waals surface area contributed by atoms with Gasteiger partial charge in [0.05, 0.1) is 5.56 Å². The predicted molar refractivity (Wildman–Crippen MR) is 125 cm³/mol. The number of furan rings is 1. The van der Waals surface area contributed by atoms with Crippen molar-refractivity contribution in [2.45, 2.75) is 0 Å². The number of hydrogen-bond acceptors (Lipinski definition) is 5. The minimum absolute atomic E-state index is 0.0635. The van der Waals surface area contributed by atoms with Crippen LogP contribution < -0.4 is 9.47 Å². The number of ether oxygens (including phenoxy) is 2. The van der Waals surface area contributed by atoms with E-state index < -0.39 is 5.97 Å². The first-order valence-electron chi connectivity index (χ1n) is 9.32. The fraction of sp³-hybridized carbons (Fsp3) is 0. The van der Waals surface area contributed by atoms with E-state index in [1.54, 1.807) is 42.5 Å². The molecule has 0 fully saturated rings. The molecular formula is C24H11BrCl2O5. The largest absolute Gasteiger partial charge is 0.452 e. The van der Waals surface area contributed by atoms with Crippen LogP contribution in [0.4, 0.5) is 0 Å². The minimum atomic E-state index is -0.662. The number of hydrogen-bond donors (Lipinski definition) is 0. The highest BCUT2D eigenvalue weighted by molar-refractivity contribution is 9.10. The molecule has 0 N–H and O–H groups in total. The fourth-order valence-electron chi connectivity index (χ4n) is 3.26. The van der Waals surface area contributed by atoms with Gasteiger partial charge in [-0.2, -0.15) is 0 Å². The Morgan fingerprint density at radius 2 is 1.84 bits per heavy atom. The molecule has 0 radical (unpaired) electrons. The Labute approximate surface area is 200 Å². The standard InChI is InChI=1S/C24H11BrCl2O5/c25-14-2-6-19-13(7-14)9-22(31-19)24(29)30-16-4-5-17-20(11-16)32-21(23(17)28)8-12-1-3-15(26)10-18(12)27/h1-11H/b21-8-. The normalized spacial score (nSPS) is 14.0. The first-order valence-corrected chi connectivity index (χ1v) is 10.9. The van der Waals surface area contributed by atoms with E-state index in [0.717, 1.165) is 9.86 Å². The van der Waals surface area contributed by atoms with Gasteiger partial charge in [-0.3, -0.25) is 4.79 Å². The number of carbonyl (C=O) groups excluding carboxylic acids is 2. The van der Waals surface area contributed by atoms with Crippen LogP contribution in [0.15, 0.2) is 75.3 Å². The Balaban J connectivity index is 1.38. The van der Waals surface area contributed by atoms with Crippen LogP contribution in [0.25, 0.3) is 17.0 Å². The number of ketones is 1. The summed E-state index contributed by atoms with van der Waals surface area (Å²) in [6.07, 6.45) is 1.54. The second-order valence-electron chi connectivity index (χ2n) is 6.95. The molecule has 0 amide bonds. The Kier molecular flexibility index (Phi) is 5.29. The number of rotatable bonds is 3. The summed E-state index contributed by atoms with van der Waals surface area (Å²) in [6, 6.07) is 16.5. The molecule has 32 heavy (non-hydrogen) atoms. The lowest BCUT2D eigenvalue weighted by atomic mass is 10.1. The molecule has 1 aromatic heterocycles. The molecule has 158 valence electrons. The zero-order chi connectivity index (χ0) is 22.4. The molecule has 0 spiro atoms. The zero-order valence-corrected chi connectivity index (χ0v) is 19.1. The van der Waals surface area contributed by atoms with Crippen molar-refractivity contribution in [3.05, 3.63) is 97.8 Å². The van der Waals surface area contributed by atoms with Gasteiger partial charge in [-0.25, -0.2) is 4.79 Å². The van der Waals surface area contributed by atoms with E-state index in [9.17, 15) is 9.59 Å². The quantitative estimate of drug-likeness (QED) is 0.158. The molecule has 5 rings (SSSR count). The van der Waals surface area contributed by atoms with E-state index in [1.165, 1.54) is 12.1 Å². The molecule has 0 unspecified atom stereocenters. The zero-order valence-electron chi connectivity index (χ0n) is 16.0. The van der Waals surface area contributed by atoms with Gasteiger partial charge in [0.15, 0.2) is 5.76 Å². The molecule has 0 aliphatic carbocycles. The summed E-state index contributed by atoms with van der Waals surface area (Å²) in [5.41, 5.74) is 1.52. The molecule has 1 aliphatic rings. The summed E-state index contributed by atoms with van der Waals surface area (Å²) in [5, 5.41) is 1.65. The highest BCUT2D eigenvalue weighted by Gasteiger charge is 2.28. The third-order valence-corrected chi connectivity index (χ3v) is 5.84. The van der Waals surface area contributed by atoms with E-state index >= 15 is 0 Å². The van der Waals surface area contributed by atoms with Crippen LogP contribution in [0.3, 0.4) is 0 Å². The third kappa shape index (κ3) is 3.93. The summed E-state index contributed by atoms with van der Waals surface area (Å²) in [4.78, 5) is 25.2. The summed E-state index contributed by atoms with van der Waals surface area (Å²) in [7, 11) is 0. The summed E-state index contributed by atoms with van der Waals surface area (Å²) in [6.45, 7) is 0.